The summed E-state index contributed by atoms with van der Waals surface area (Å²) in [5, 5.41) is 11.8. The molecule has 0 saturated heterocycles. The van der Waals surface area contributed by atoms with E-state index in [1.165, 1.54) is 12.1 Å². The van der Waals surface area contributed by atoms with Gasteiger partial charge >= 0.3 is 6.03 Å². The molecule has 1 atom stereocenters. The molecule has 3 aromatic rings. The first-order chi connectivity index (χ1) is 16.4. The topological polar surface area (TPSA) is 85.4 Å². The van der Waals surface area contributed by atoms with Crippen molar-refractivity contribution >= 4 is 11.7 Å². The number of ether oxygens (including phenoxy) is 1. The number of nitrogens with one attached hydrogen (secondary N) is 1. The fourth-order valence-electron chi connectivity index (χ4n) is 4.57. The van der Waals surface area contributed by atoms with E-state index in [-0.39, 0.29) is 24.4 Å². The lowest BCUT2D eigenvalue weighted by molar-refractivity contribution is 0.00164. The molecule has 0 bridgehead atoms. The van der Waals surface area contributed by atoms with Gasteiger partial charge in [-0.3, -0.25) is 4.68 Å². The molecule has 180 valence electrons. The minimum atomic E-state index is -2.51. The van der Waals surface area contributed by atoms with Crippen molar-refractivity contribution in [1.82, 2.24) is 19.8 Å². The molecule has 8 nitrogen and oxygen atoms in total. The van der Waals surface area contributed by atoms with Crippen LogP contribution in [0.25, 0.3) is 11.4 Å². The van der Waals surface area contributed by atoms with E-state index in [9.17, 15) is 18.0 Å². The van der Waals surface area contributed by atoms with Crippen LogP contribution in [-0.4, -0.2) is 52.1 Å². The molecule has 2 aromatic heterocycles. The third-order valence-corrected chi connectivity index (χ3v) is 6.20. The van der Waals surface area contributed by atoms with Gasteiger partial charge in [0.1, 0.15) is 24.4 Å². The highest BCUT2D eigenvalue weighted by molar-refractivity contribution is 5.89. The summed E-state index contributed by atoms with van der Waals surface area (Å²) < 4.78 is 50.8. The van der Waals surface area contributed by atoms with E-state index in [2.05, 4.69) is 10.5 Å². The van der Waals surface area contributed by atoms with Crippen LogP contribution in [0, 0.1) is 18.7 Å². The van der Waals surface area contributed by atoms with Crippen molar-refractivity contribution in [2.75, 3.05) is 25.1 Å². The van der Waals surface area contributed by atoms with Gasteiger partial charge < -0.3 is 19.5 Å². The summed E-state index contributed by atoms with van der Waals surface area (Å²) in [7, 11) is 0. The minimum Gasteiger partial charge on any atom is -0.375 e. The van der Waals surface area contributed by atoms with E-state index in [1.807, 2.05) is 4.68 Å². The number of benzene rings is 1. The van der Waals surface area contributed by atoms with Crippen molar-refractivity contribution in [2.24, 2.45) is 5.92 Å². The van der Waals surface area contributed by atoms with Gasteiger partial charge in [0.05, 0.1) is 24.5 Å². The Kier molecular flexibility index (Phi) is 6.03. The summed E-state index contributed by atoms with van der Waals surface area (Å²) in [6, 6.07) is 4.15. The minimum absolute atomic E-state index is 0.0689. The maximum absolute atomic E-state index is 13.6. The first-order valence-electron chi connectivity index (χ1n) is 11.1. The number of hydrogen-bond donors (Lipinski definition) is 1. The summed E-state index contributed by atoms with van der Waals surface area (Å²) in [5.41, 5.74) is 5.03. The Hall–Kier alpha value is -3.34. The Morgan fingerprint density at radius 1 is 1.38 bits per heavy atom. The van der Waals surface area contributed by atoms with Crippen LogP contribution in [0.5, 0.6) is 0 Å². The quantitative estimate of drug-likeness (QED) is 0.602. The van der Waals surface area contributed by atoms with E-state index in [0.29, 0.717) is 49.4 Å². The fourth-order valence-corrected chi connectivity index (χ4v) is 4.57. The van der Waals surface area contributed by atoms with Crippen LogP contribution in [0.2, 0.25) is 0 Å². The number of fused-ring (bicyclic) bond motifs is 5. The molecule has 11 heteroatoms. The van der Waals surface area contributed by atoms with Gasteiger partial charge in [0.2, 0.25) is 0 Å². The van der Waals surface area contributed by atoms with Crippen LogP contribution in [0.3, 0.4) is 0 Å². The molecule has 1 N–H and O–H groups in total. The van der Waals surface area contributed by atoms with Gasteiger partial charge in [0, 0.05) is 42.2 Å². The Labute approximate surface area is 193 Å². The van der Waals surface area contributed by atoms with Crippen molar-refractivity contribution in [3.8, 4) is 11.4 Å². The number of aromatic nitrogens is 3. The molecule has 0 radical (unpaired) electrons. The van der Waals surface area contributed by atoms with E-state index >= 15 is 0 Å². The fraction of sp³-hybridized carbons (Fsp3) is 0.435. The standard InChI is InChI=1S/C23H24F3N5O3/c1-13-6-16(2-3-18(13)24)27-23(32)30-5-4-19-17(9-30)22-21-15(11-34-29-21)7-14(8-31(22)28-19)10-33-12-20(25)26/h2-3,6,11,14,20H,4-5,7-10,12H2,1H3,(H,27,32)/t14-/m0/s1. The lowest BCUT2D eigenvalue weighted by Crippen LogP contribution is -2.38. The molecule has 5 rings (SSSR count). The van der Waals surface area contributed by atoms with Gasteiger partial charge in [-0.1, -0.05) is 5.16 Å². The zero-order valence-electron chi connectivity index (χ0n) is 18.6. The first kappa shape index (κ1) is 22.5. The van der Waals surface area contributed by atoms with Crippen LogP contribution in [0.1, 0.15) is 22.4 Å². The molecule has 2 amide bonds. The molecule has 0 aliphatic carbocycles. The second-order valence-corrected chi connectivity index (χ2v) is 8.71. The lowest BCUT2D eigenvalue weighted by atomic mass is 9.99. The van der Waals surface area contributed by atoms with E-state index in [0.717, 1.165) is 22.5 Å². The molecule has 0 fully saturated rings. The number of carbonyl (C=O) groups is 1. The predicted octanol–water partition coefficient (Wildman–Crippen LogP) is 4.03. The Bertz CT molecular complexity index is 1210. The van der Waals surface area contributed by atoms with E-state index in [1.54, 1.807) is 24.2 Å². The van der Waals surface area contributed by atoms with Crippen molar-refractivity contribution in [3.63, 3.8) is 0 Å². The molecule has 2 aliphatic heterocycles. The number of hydrogen-bond acceptors (Lipinski definition) is 5. The third kappa shape index (κ3) is 4.39. The van der Waals surface area contributed by atoms with Gasteiger partial charge in [-0.25, -0.2) is 18.0 Å². The monoisotopic (exact) mass is 475 g/mol. The zero-order valence-corrected chi connectivity index (χ0v) is 18.6. The summed E-state index contributed by atoms with van der Waals surface area (Å²) in [4.78, 5) is 14.6. The maximum atomic E-state index is 13.6. The molecule has 34 heavy (non-hydrogen) atoms. The molecule has 1 aromatic carbocycles. The Morgan fingerprint density at radius 2 is 2.24 bits per heavy atom. The number of alkyl halides is 2. The van der Waals surface area contributed by atoms with Gasteiger partial charge in [-0.2, -0.15) is 5.10 Å². The SMILES string of the molecule is Cc1cc(NC(=O)N2CCc3nn4c(c3C2)-c2nocc2C[C@H](COCC(F)F)C4)ccc1F. The van der Waals surface area contributed by atoms with Crippen molar-refractivity contribution in [1.29, 1.82) is 0 Å². The summed E-state index contributed by atoms with van der Waals surface area (Å²) >= 11 is 0. The molecule has 0 spiro atoms. The highest BCUT2D eigenvalue weighted by atomic mass is 19.3. The van der Waals surface area contributed by atoms with Gasteiger partial charge in [0.25, 0.3) is 6.43 Å². The molecule has 2 aliphatic rings. The average molecular weight is 475 g/mol. The lowest BCUT2D eigenvalue weighted by Gasteiger charge is -2.27. The molecule has 0 unspecified atom stereocenters. The highest BCUT2D eigenvalue weighted by Crippen LogP contribution is 2.36. The maximum Gasteiger partial charge on any atom is 0.322 e. The van der Waals surface area contributed by atoms with E-state index in [4.69, 9.17) is 14.4 Å². The number of urea groups is 1. The van der Waals surface area contributed by atoms with Crippen molar-refractivity contribution in [2.45, 2.75) is 39.3 Å². The third-order valence-electron chi connectivity index (χ3n) is 6.20. The normalized spacial score (nSPS) is 17.2. The number of carbonyl (C=O) groups excluding carboxylic acids is 1. The molecule has 4 heterocycles. The van der Waals surface area contributed by atoms with E-state index < -0.39 is 13.0 Å². The Morgan fingerprint density at radius 3 is 3.03 bits per heavy atom. The largest absolute Gasteiger partial charge is 0.375 e. The van der Waals surface area contributed by atoms with Crippen molar-refractivity contribution < 1.29 is 27.2 Å². The van der Waals surface area contributed by atoms with Gasteiger partial charge in [-0.15, -0.1) is 0 Å². The van der Waals surface area contributed by atoms with Crippen LogP contribution in [0.4, 0.5) is 23.7 Å². The molecular weight excluding hydrogens is 451 g/mol. The number of rotatable bonds is 5. The smallest absolute Gasteiger partial charge is 0.322 e. The number of amides is 2. The van der Waals surface area contributed by atoms with Crippen LogP contribution >= 0.6 is 0 Å². The first-order valence-corrected chi connectivity index (χ1v) is 11.1. The van der Waals surface area contributed by atoms with Gasteiger partial charge in [-0.05, 0) is 37.1 Å². The second-order valence-electron chi connectivity index (χ2n) is 8.71. The van der Waals surface area contributed by atoms with Crippen LogP contribution < -0.4 is 5.32 Å². The number of anilines is 1. The predicted molar refractivity (Wildman–Crippen MR) is 116 cm³/mol. The molecule has 0 saturated carbocycles. The molecular formula is C23H24F3N5O3. The zero-order chi connectivity index (χ0) is 23.8. The summed E-state index contributed by atoms with van der Waals surface area (Å²) in [6.07, 6.45) is 0.175. The van der Waals surface area contributed by atoms with Gasteiger partial charge in [0.15, 0.2) is 0 Å². The Balaban J connectivity index is 1.37. The number of halogens is 3. The summed E-state index contributed by atoms with van der Waals surface area (Å²) in [5.74, 6) is -0.398. The average Bonchev–Trinajstić information content (AvgIpc) is 3.35. The van der Waals surface area contributed by atoms with Crippen molar-refractivity contribution in [3.05, 3.63) is 52.7 Å². The second kappa shape index (κ2) is 9.13. The number of aryl methyl sites for hydroxylation is 1. The summed E-state index contributed by atoms with van der Waals surface area (Å²) in [6.45, 7) is 2.50. The number of nitrogens with zero attached hydrogens (tertiary/aromatic N) is 4. The highest BCUT2D eigenvalue weighted by Gasteiger charge is 2.33. The van der Waals surface area contributed by atoms with Crippen LogP contribution in [-0.2, 0) is 30.7 Å². The van der Waals surface area contributed by atoms with Crippen LogP contribution in [0.15, 0.2) is 29.0 Å².